The van der Waals surface area contributed by atoms with Crippen molar-refractivity contribution in [3.8, 4) is 0 Å². The zero-order valence-electron chi connectivity index (χ0n) is 12.1. The molecule has 1 aromatic heterocycles. The SMILES string of the molecule is O=C1NNNN1c1cccc(C2CC2)c1SCc1cc(Cl)co1. The molecule has 0 atom stereocenters. The lowest BCUT2D eigenvalue weighted by atomic mass is 10.1. The highest BCUT2D eigenvalue weighted by molar-refractivity contribution is 7.98. The highest BCUT2D eigenvalue weighted by Crippen LogP contribution is 2.47. The number of carbonyl (C=O) groups excluding carboxylic acids is 1. The smallest absolute Gasteiger partial charge is 0.353 e. The van der Waals surface area contributed by atoms with Crippen LogP contribution in [0.1, 0.15) is 30.1 Å². The van der Waals surface area contributed by atoms with Crippen molar-refractivity contribution in [1.82, 2.24) is 16.5 Å². The van der Waals surface area contributed by atoms with Gasteiger partial charge in [0.1, 0.15) is 12.0 Å². The summed E-state index contributed by atoms with van der Waals surface area (Å²) in [5.74, 6) is 2.05. The van der Waals surface area contributed by atoms with Gasteiger partial charge in [0.15, 0.2) is 0 Å². The molecule has 2 fully saturated rings. The zero-order chi connectivity index (χ0) is 15.8. The molecule has 2 heterocycles. The van der Waals surface area contributed by atoms with Crippen LogP contribution in [0.2, 0.25) is 5.02 Å². The first-order valence-electron chi connectivity index (χ1n) is 7.32. The Morgan fingerprint density at radius 2 is 2.26 bits per heavy atom. The van der Waals surface area contributed by atoms with Crippen LogP contribution in [0, 0.1) is 0 Å². The van der Waals surface area contributed by atoms with E-state index in [-0.39, 0.29) is 6.03 Å². The largest absolute Gasteiger partial charge is 0.467 e. The van der Waals surface area contributed by atoms with E-state index in [9.17, 15) is 4.79 Å². The van der Waals surface area contributed by atoms with Gasteiger partial charge in [-0.3, -0.25) is 5.43 Å². The predicted octanol–water partition coefficient (Wildman–Crippen LogP) is 3.56. The van der Waals surface area contributed by atoms with Gasteiger partial charge in [-0.2, -0.15) is 0 Å². The van der Waals surface area contributed by atoms with Crippen molar-refractivity contribution in [2.45, 2.75) is 29.4 Å². The second-order valence-corrected chi connectivity index (χ2v) is 6.91. The van der Waals surface area contributed by atoms with Crippen molar-refractivity contribution < 1.29 is 9.21 Å². The number of urea groups is 1. The molecule has 0 unspecified atom stereocenters. The van der Waals surface area contributed by atoms with Crippen LogP contribution in [-0.2, 0) is 5.75 Å². The van der Waals surface area contributed by atoms with Gasteiger partial charge in [-0.1, -0.05) is 23.7 Å². The minimum atomic E-state index is -0.235. The molecule has 1 aliphatic carbocycles. The Morgan fingerprint density at radius 1 is 1.39 bits per heavy atom. The van der Waals surface area contributed by atoms with E-state index in [2.05, 4.69) is 22.6 Å². The summed E-state index contributed by atoms with van der Waals surface area (Å²) in [6, 6.07) is 7.64. The number of benzene rings is 1. The highest BCUT2D eigenvalue weighted by atomic mass is 35.5. The molecule has 2 aliphatic rings. The molecule has 120 valence electrons. The topological polar surface area (TPSA) is 69.5 Å². The minimum absolute atomic E-state index is 0.235. The molecule has 1 saturated heterocycles. The van der Waals surface area contributed by atoms with E-state index in [0.717, 1.165) is 16.3 Å². The molecule has 8 heteroatoms. The van der Waals surface area contributed by atoms with Crippen LogP contribution in [0.3, 0.4) is 0 Å². The number of furan rings is 1. The van der Waals surface area contributed by atoms with Crippen LogP contribution in [0.25, 0.3) is 0 Å². The number of anilines is 1. The number of hydrogen-bond donors (Lipinski definition) is 3. The van der Waals surface area contributed by atoms with Gasteiger partial charge in [0.2, 0.25) is 0 Å². The second-order valence-electron chi connectivity index (χ2n) is 5.49. The monoisotopic (exact) mass is 350 g/mol. The van der Waals surface area contributed by atoms with Crippen LogP contribution in [-0.4, -0.2) is 6.03 Å². The van der Waals surface area contributed by atoms with E-state index in [4.69, 9.17) is 16.0 Å². The Morgan fingerprint density at radius 3 is 2.91 bits per heavy atom. The lowest BCUT2D eigenvalue weighted by Crippen LogP contribution is -2.38. The fourth-order valence-electron chi connectivity index (χ4n) is 2.58. The lowest BCUT2D eigenvalue weighted by molar-refractivity contribution is 0.250. The standard InChI is InChI=1S/C15H15ClN4O2S/c16-10-6-11(22-7-10)8-23-14-12(9-4-5-9)2-1-3-13(14)20-15(21)17-18-19-20/h1-3,6-7,9,18-19H,4-5,8H2,(H,17,21). The van der Waals surface area contributed by atoms with Gasteiger partial charge in [-0.05, 0) is 36.5 Å². The van der Waals surface area contributed by atoms with Crippen LogP contribution in [0.4, 0.5) is 10.5 Å². The molecule has 1 aromatic carbocycles. The molecule has 1 saturated carbocycles. The van der Waals surface area contributed by atoms with Crippen molar-refractivity contribution in [3.63, 3.8) is 0 Å². The molecular formula is C15H15ClN4O2S. The van der Waals surface area contributed by atoms with Crippen molar-refractivity contribution >= 4 is 35.1 Å². The maximum Gasteiger partial charge on any atom is 0.353 e. The van der Waals surface area contributed by atoms with Gasteiger partial charge in [-0.25, -0.2) is 9.80 Å². The normalized spacial score (nSPS) is 17.6. The molecule has 0 bridgehead atoms. The average Bonchev–Trinajstić information content (AvgIpc) is 3.18. The molecule has 0 spiro atoms. The fourth-order valence-corrected chi connectivity index (χ4v) is 3.89. The van der Waals surface area contributed by atoms with Crippen molar-refractivity contribution in [2.24, 2.45) is 0 Å². The minimum Gasteiger partial charge on any atom is -0.467 e. The summed E-state index contributed by atoms with van der Waals surface area (Å²) >= 11 is 7.56. The van der Waals surface area contributed by atoms with Crippen LogP contribution >= 0.6 is 23.4 Å². The Labute approximate surface area is 142 Å². The maximum atomic E-state index is 11.9. The number of nitrogens with zero attached hydrogens (tertiary/aromatic N) is 1. The summed E-state index contributed by atoms with van der Waals surface area (Å²) in [7, 11) is 0. The number of nitrogens with one attached hydrogen (secondary N) is 3. The van der Waals surface area contributed by atoms with Gasteiger partial charge in [0.25, 0.3) is 0 Å². The first-order chi connectivity index (χ1) is 11.2. The Kier molecular flexibility index (Phi) is 3.94. The summed E-state index contributed by atoms with van der Waals surface area (Å²) in [5, 5.41) is 2.07. The van der Waals surface area contributed by atoms with Crippen LogP contribution in [0.5, 0.6) is 0 Å². The van der Waals surface area contributed by atoms with Gasteiger partial charge in [0.05, 0.1) is 16.5 Å². The molecule has 0 radical (unpaired) electrons. The predicted molar refractivity (Wildman–Crippen MR) is 89.0 cm³/mol. The third-order valence-corrected chi connectivity index (χ3v) is 5.16. The molecule has 2 amide bonds. The van der Waals surface area contributed by atoms with E-state index < -0.39 is 0 Å². The Balaban J connectivity index is 1.65. The molecule has 4 rings (SSSR count). The Bertz CT molecular complexity index is 747. The van der Waals surface area contributed by atoms with Gasteiger partial charge < -0.3 is 4.42 Å². The van der Waals surface area contributed by atoms with Crippen molar-refractivity contribution in [1.29, 1.82) is 0 Å². The third kappa shape index (κ3) is 3.05. The van der Waals surface area contributed by atoms with E-state index >= 15 is 0 Å². The highest BCUT2D eigenvalue weighted by Gasteiger charge is 2.31. The first kappa shape index (κ1) is 14.9. The van der Waals surface area contributed by atoms with Gasteiger partial charge in [0, 0.05) is 4.90 Å². The summed E-state index contributed by atoms with van der Waals surface area (Å²) in [5.41, 5.74) is 10.1. The van der Waals surface area contributed by atoms with E-state index in [0.29, 0.717) is 16.7 Å². The number of halogens is 1. The summed E-state index contributed by atoms with van der Waals surface area (Å²) < 4.78 is 5.41. The average molecular weight is 351 g/mol. The summed E-state index contributed by atoms with van der Waals surface area (Å²) in [6.45, 7) is 0. The van der Waals surface area contributed by atoms with Crippen molar-refractivity contribution in [3.05, 3.63) is 46.9 Å². The first-order valence-corrected chi connectivity index (χ1v) is 8.68. The molecule has 23 heavy (non-hydrogen) atoms. The molecule has 2 aromatic rings. The van der Waals surface area contributed by atoms with Gasteiger partial charge >= 0.3 is 6.03 Å². The second kappa shape index (κ2) is 6.09. The summed E-state index contributed by atoms with van der Waals surface area (Å²) in [6.07, 6.45) is 3.92. The quantitative estimate of drug-likeness (QED) is 0.719. The number of rotatable bonds is 5. The number of amides is 2. The Hall–Kier alpha value is -1.67. The third-order valence-electron chi connectivity index (χ3n) is 3.80. The number of thioether (sulfide) groups is 1. The lowest BCUT2D eigenvalue weighted by Gasteiger charge is -2.19. The van der Waals surface area contributed by atoms with E-state index in [1.54, 1.807) is 11.8 Å². The molecular weight excluding hydrogens is 336 g/mol. The maximum absolute atomic E-state index is 11.9. The fraction of sp³-hybridized carbons (Fsp3) is 0.267. The number of hydrogen-bond acceptors (Lipinski definition) is 5. The molecule has 1 aliphatic heterocycles. The van der Waals surface area contributed by atoms with E-state index in [1.165, 1.54) is 29.7 Å². The molecule has 6 nitrogen and oxygen atoms in total. The van der Waals surface area contributed by atoms with Crippen LogP contribution < -0.4 is 21.5 Å². The van der Waals surface area contributed by atoms with Crippen LogP contribution in [0.15, 0.2) is 39.8 Å². The summed E-state index contributed by atoms with van der Waals surface area (Å²) in [4.78, 5) is 13.0. The van der Waals surface area contributed by atoms with E-state index in [1.807, 2.05) is 18.2 Å². The molecule has 3 N–H and O–H groups in total. The number of carbonyl (C=O) groups is 1. The number of hydrazine groups is 3. The van der Waals surface area contributed by atoms with Crippen molar-refractivity contribution in [2.75, 3.05) is 5.01 Å². The van der Waals surface area contributed by atoms with Gasteiger partial charge in [-0.15, -0.1) is 22.8 Å². The zero-order valence-corrected chi connectivity index (χ0v) is 13.7.